The van der Waals surface area contributed by atoms with Crippen molar-refractivity contribution in [3.63, 3.8) is 0 Å². The van der Waals surface area contributed by atoms with Crippen LogP contribution in [0.3, 0.4) is 0 Å². The number of likely N-dealkylation sites (tertiary alicyclic amines) is 1. The van der Waals surface area contributed by atoms with Crippen LogP contribution in [0.15, 0.2) is 18.2 Å². The third-order valence-electron chi connectivity index (χ3n) is 21.6. The van der Waals surface area contributed by atoms with Crippen molar-refractivity contribution in [1.29, 1.82) is 0 Å². The number of benzene rings is 1. The van der Waals surface area contributed by atoms with E-state index in [4.69, 9.17) is 11.6 Å². The third kappa shape index (κ3) is 18.9. The first kappa shape index (κ1) is 78.3. The Labute approximate surface area is 580 Å². The predicted octanol–water partition coefficient (Wildman–Crippen LogP) is 5.25. The Bertz CT molecular complexity index is 3070. The molecule has 0 spiro atoms. The molecule has 10 atom stereocenters. The summed E-state index contributed by atoms with van der Waals surface area (Å²) >= 11 is 6.10. The molecule has 28 heteroatoms. The van der Waals surface area contributed by atoms with Crippen molar-refractivity contribution in [3.8, 4) is 0 Å². The zero-order chi connectivity index (χ0) is 72.2. The van der Waals surface area contributed by atoms with Gasteiger partial charge >= 0.3 is 6.18 Å². The number of amides is 12. The lowest BCUT2D eigenvalue weighted by Gasteiger charge is -2.45. The first-order valence-electron chi connectivity index (χ1n) is 35.5. The number of alkyl halides is 3. The Kier molecular flexibility index (Phi) is 27.8. The minimum Gasteiger partial charge on any atom is -0.354 e. The van der Waals surface area contributed by atoms with Crippen LogP contribution in [-0.2, 0) is 70.1 Å². The summed E-state index contributed by atoms with van der Waals surface area (Å²) in [7, 11) is 8.80. The number of nitrogens with zero attached hydrogens (tertiary/aromatic N) is 9. The van der Waals surface area contributed by atoms with Gasteiger partial charge in [0, 0.05) is 81.4 Å². The van der Waals surface area contributed by atoms with Gasteiger partial charge in [-0.3, -0.25) is 57.5 Å². The second-order valence-corrected chi connectivity index (χ2v) is 29.1. The SMILES string of the molecule is CC[C@H](C)[C@@H]1NC(=O)[C@H](CC(C)C)N(C)C(=O)C[C@@H](C(=O)N2CCCC2)N(C)C(=O)[C@H](C2CCCC2)N(C)C(=O)CCCCNC(=O)[C@@H]2CCCN2C(=O)[C@H](CCc2ccc(C(F)(F)F)c(Cl)c2)NC(=O)CN(C)C(=O)[C@H](C2CCCC2)N(C)C(=O)[C@@H]2CCN2C(=O)[C@H](C)N(C)C1=O. The van der Waals surface area contributed by atoms with Gasteiger partial charge in [0.15, 0.2) is 0 Å². The van der Waals surface area contributed by atoms with Gasteiger partial charge in [-0.05, 0) is 138 Å². The van der Waals surface area contributed by atoms with Crippen LogP contribution in [0, 0.1) is 23.7 Å². The number of carbonyl (C=O) groups is 12. The number of likely N-dealkylation sites (N-methyl/N-ethyl adjacent to an activating group) is 6. The summed E-state index contributed by atoms with van der Waals surface area (Å²) < 4.78 is 41.2. The molecule has 0 bridgehead atoms. The number of hydrogen-bond donors (Lipinski definition) is 3. The van der Waals surface area contributed by atoms with Gasteiger partial charge in [0.05, 0.1) is 23.6 Å². The summed E-state index contributed by atoms with van der Waals surface area (Å²) in [4.78, 5) is 188. The van der Waals surface area contributed by atoms with Crippen LogP contribution in [0.5, 0.6) is 0 Å². The monoisotopic (exact) mass is 1400 g/mol. The van der Waals surface area contributed by atoms with Crippen molar-refractivity contribution < 1.29 is 70.7 Å². The van der Waals surface area contributed by atoms with E-state index in [1.54, 1.807) is 18.9 Å². The Morgan fingerprint density at radius 2 is 1.22 bits per heavy atom. The average Bonchev–Trinajstić information content (AvgIpc) is 0.803. The van der Waals surface area contributed by atoms with Crippen LogP contribution >= 0.6 is 11.6 Å². The van der Waals surface area contributed by atoms with Crippen LogP contribution in [0.1, 0.15) is 174 Å². The van der Waals surface area contributed by atoms with Crippen LogP contribution in [0.2, 0.25) is 5.02 Å². The number of nitrogens with one attached hydrogen (secondary N) is 3. The van der Waals surface area contributed by atoms with Crippen molar-refractivity contribution >= 4 is 82.5 Å². The first-order valence-corrected chi connectivity index (χ1v) is 35.9. The van der Waals surface area contributed by atoms with E-state index in [2.05, 4.69) is 16.0 Å². The van der Waals surface area contributed by atoms with Gasteiger partial charge in [-0.2, -0.15) is 13.2 Å². The van der Waals surface area contributed by atoms with Gasteiger partial charge < -0.3 is 60.0 Å². The minimum atomic E-state index is -4.73. The number of rotatable bonds is 10. The standard InChI is InChI=1S/C70H106ClF3N12O12/c1-12-43(4)58-67(96)79(7)44(5)63(92)86-37-32-52(86)65(94)83(11)59(46-22-13-14-23-46)68(97)78(6)41-55(87)76-50(31-29-45-28-30-48(49(71)39-45)70(72,73)74)64(93)85-36-21-26-51(85)61(90)75-33-18-17-27-56(88)82(10)60(47-24-15-16-25-47)69(98)81(9)54(66(95)84-34-19-20-35-84)40-57(89)80(8)53(38-42(2)3)62(91)77-58/h28,30,39,42-44,46-47,50-54,58-60H,12-27,29,31-38,40-41H2,1-11H3,(H,75,90)(H,76,87)(H,77,91)/t43-,44-,50-,51-,52-,53-,54-,58-,59-,60-/m0/s1. The molecule has 6 fully saturated rings. The highest BCUT2D eigenvalue weighted by Gasteiger charge is 2.49. The van der Waals surface area contributed by atoms with Crippen molar-refractivity contribution in [2.45, 2.75) is 230 Å². The molecule has 12 amide bonds. The average molecular weight is 1400 g/mol. The smallest absolute Gasteiger partial charge is 0.354 e. The zero-order valence-electron chi connectivity index (χ0n) is 59.3. The molecule has 1 aromatic carbocycles. The van der Waals surface area contributed by atoms with Gasteiger partial charge in [-0.15, -0.1) is 0 Å². The largest absolute Gasteiger partial charge is 0.417 e. The molecule has 546 valence electrons. The van der Waals surface area contributed by atoms with E-state index in [9.17, 15) is 65.9 Å². The summed E-state index contributed by atoms with van der Waals surface area (Å²) in [6.45, 7) is 9.52. The number of hydrogen-bond acceptors (Lipinski definition) is 12. The van der Waals surface area contributed by atoms with Gasteiger partial charge in [0.25, 0.3) is 0 Å². The third-order valence-corrected chi connectivity index (χ3v) is 21.9. The molecule has 3 N–H and O–H groups in total. The highest BCUT2D eigenvalue weighted by molar-refractivity contribution is 6.31. The molecule has 1 aromatic rings. The quantitative estimate of drug-likeness (QED) is 0.271. The fraction of sp³-hybridized carbons (Fsp3) is 0.743. The molecule has 7 rings (SSSR count). The molecule has 4 saturated heterocycles. The maximum absolute atomic E-state index is 15.2. The summed E-state index contributed by atoms with van der Waals surface area (Å²) in [5.74, 6) is -8.00. The molecular weight excluding hydrogens is 1290 g/mol. The highest BCUT2D eigenvalue weighted by atomic mass is 35.5. The van der Waals surface area contributed by atoms with Gasteiger partial charge in [0.1, 0.15) is 54.4 Å². The van der Waals surface area contributed by atoms with Crippen molar-refractivity contribution in [1.82, 2.24) is 60.0 Å². The van der Waals surface area contributed by atoms with Gasteiger partial charge in [-0.1, -0.05) is 77.5 Å². The Hall–Kier alpha value is -7.06. The fourth-order valence-corrected chi connectivity index (χ4v) is 15.4. The Balaban J connectivity index is 1.20. The molecule has 6 aliphatic rings. The lowest BCUT2D eigenvalue weighted by Crippen LogP contribution is -2.65. The lowest BCUT2D eigenvalue weighted by atomic mass is 9.93. The van der Waals surface area contributed by atoms with E-state index in [0.29, 0.717) is 63.6 Å². The van der Waals surface area contributed by atoms with Crippen molar-refractivity contribution in [2.75, 3.05) is 81.6 Å². The van der Waals surface area contributed by atoms with Crippen LogP contribution < -0.4 is 16.0 Å². The second-order valence-electron chi connectivity index (χ2n) is 28.7. The Morgan fingerprint density at radius 3 is 1.80 bits per heavy atom. The normalized spacial score (nSPS) is 28.0. The summed E-state index contributed by atoms with van der Waals surface area (Å²) in [5.41, 5.74) is -0.724. The van der Waals surface area contributed by atoms with E-state index in [1.807, 2.05) is 20.8 Å². The first-order chi connectivity index (χ1) is 46.3. The van der Waals surface area contributed by atoms with E-state index < -0.39 is 155 Å². The summed E-state index contributed by atoms with van der Waals surface area (Å²) in [5, 5.41) is 8.03. The topological polar surface area (TPSA) is 270 Å². The van der Waals surface area contributed by atoms with Crippen LogP contribution in [0.25, 0.3) is 0 Å². The van der Waals surface area contributed by atoms with Crippen LogP contribution in [-0.4, -0.2) is 251 Å². The number of carbonyl (C=O) groups excluding carboxylic acids is 12. The predicted molar refractivity (Wildman–Crippen MR) is 360 cm³/mol. The van der Waals surface area contributed by atoms with Crippen molar-refractivity contribution in [3.05, 3.63) is 34.3 Å². The fourth-order valence-electron chi connectivity index (χ4n) is 15.0. The molecule has 0 radical (unpaired) electrons. The Morgan fingerprint density at radius 1 is 0.612 bits per heavy atom. The lowest BCUT2D eigenvalue weighted by molar-refractivity contribution is -0.161. The highest BCUT2D eigenvalue weighted by Crippen LogP contribution is 2.37. The molecule has 4 aliphatic heterocycles. The molecular formula is C70H106ClF3N12O12. The molecule has 98 heavy (non-hydrogen) atoms. The number of fused-ring (bicyclic) bond motifs is 2. The van der Waals surface area contributed by atoms with Gasteiger partial charge in [-0.25, -0.2) is 0 Å². The summed E-state index contributed by atoms with van der Waals surface area (Å²) in [6.07, 6.45) is 3.69. The van der Waals surface area contributed by atoms with Gasteiger partial charge in [0.2, 0.25) is 70.9 Å². The molecule has 0 aromatic heterocycles. The van der Waals surface area contributed by atoms with Crippen molar-refractivity contribution in [2.24, 2.45) is 23.7 Å². The maximum Gasteiger partial charge on any atom is 0.417 e. The van der Waals surface area contributed by atoms with E-state index in [-0.39, 0.29) is 88.2 Å². The van der Waals surface area contributed by atoms with Crippen LogP contribution in [0.4, 0.5) is 13.2 Å². The minimum absolute atomic E-state index is 0.0162. The van der Waals surface area contributed by atoms with E-state index in [0.717, 1.165) is 55.6 Å². The maximum atomic E-state index is 15.2. The van der Waals surface area contributed by atoms with E-state index >= 15 is 4.79 Å². The summed E-state index contributed by atoms with van der Waals surface area (Å²) in [6, 6.07) is -7.06. The molecule has 0 unspecified atom stereocenters. The molecule has 2 aliphatic carbocycles. The zero-order valence-corrected chi connectivity index (χ0v) is 60.0. The molecule has 4 heterocycles. The molecule has 2 saturated carbocycles. The number of aryl methyl sites for hydroxylation is 1. The van der Waals surface area contributed by atoms with E-state index in [1.165, 1.54) is 82.5 Å². The number of halogens is 4. The second kappa shape index (κ2) is 34.8. The molecule has 24 nitrogen and oxygen atoms in total.